The van der Waals surface area contributed by atoms with Crippen LogP contribution in [0, 0.1) is 13.8 Å². The van der Waals surface area contributed by atoms with Crippen molar-refractivity contribution in [3.63, 3.8) is 0 Å². The van der Waals surface area contributed by atoms with E-state index in [4.69, 9.17) is 24.5 Å². The van der Waals surface area contributed by atoms with Gasteiger partial charge in [0, 0.05) is 31.0 Å². The number of aliphatic hydroxyl groups is 1. The maximum Gasteiger partial charge on any atom is 0.159 e. The van der Waals surface area contributed by atoms with Gasteiger partial charge in [0.2, 0.25) is 0 Å². The minimum Gasteiger partial charge on any atom is -0.393 e. The summed E-state index contributed by atoms with van der Waals surface area (Å²) in [4.78, 5) is 14.3. The summed E-state index contributed by atoms with van der Waals surface area (Å²) in [5.41, 5.74) is 3.86. The van der Waals surface area contributed by atoms with Crippen molar-refractivity contribution in [3.8, 4) is 5.82 Å². The van der Waals surface area contributed by atoms with E-state index in [1.165, 1.54) is 24.0 Å². The van der Waals surface area contributed by atoms with Gasteiger partial charge in [-0.1, -0.05) is 0 Å². The SMILES string of the molecule is Cc1nc(N2CCOC(CC(C)O)C2)cc(-n2ncc3cc(C)c(C4CCN(C5COC5)CC4)cc32)n1. The van der Waals surface area contributed by atoms with Crippen molar-refractivity contribution in [2.24, 2.45) is 0 Å². The molecule has 3 saturated heterocycles. The highest BCUT2D eigenvalue weighted by Crippen LogP contribution is 2.34. The van der Waals surface area contributed by atoms with E-state index < -0.39 is 0 Å². The van der Waals surface area contributed by atoms with E-state index in [0.29, 0.717) is 31.5 Å². The lowest BCUT2D eigenvalue weighted by atomic mass is 9.85. The fourth-order valence-corrected chi connectivity index (χ4v) is 6.09. The second kappa shape index (κ2) is 10.3. The van der Waals surface area contributed by atoms with Crippen molar-refractivity contribution in [1.29, 1.82) is 0 Å². The van der Waals surface area contributed by atoms with Crippen LogP contribution in [-0.4, -0.2) is 94.0 Å². The van der Waals surface area contributed by atoms with E-state index in [-0.39, 0.29) is 12.2 Å². The number of benzene rings is 1. The van der Waals surface area contributed by atoms with E-state index in [0.717, 1.165) is 61.2 Å². The first-order chi connectivity index (χ1) is 17.9. The lowest BCUT2D eigenvalue weighted by molar-refractivity contribution is -0.0712. The van der Waals surface area contributed by atoms with Gasteiger partial charge >= 0.3 is 0 Å². The summed E-state index contributed by atoms with van der Waals surface area (Å²) >= 11 is 0. The van der Waals surface area contributed by atoms with Crippen LogP contribution >= 0.6 is 0 Å². The number of aromatic nitrogens is 4. The summed E-state index contributed by atoms with van der Waals surface area (Å²) in [6.45, 7) is 12.1. The highest BCUT2D eigenvalue weighted by molar-refractivity contribution is 5.82. The van der Waals surface area contributed by atoms with Crippen molar-refractivity contribution in [3.05, 3.63) is 41.3 Å². The second-order valence-electron chi connectivity index (χ2n) is 11.0. The number of fused-ring (bicyclic) bond motifs is 1. The molecule has 0 saturated carbocycles. The van der Waals surface area contributed by atoms with Gasteiger partial charge in [0.15, 0.2) is 5.82 Å². The fraction of sp³-hybridized carbons (Fsp3) is 0.607. The summed E-state index contributed by atoms with van der Waals surface area (Å²) in [6, 6.07) is 7.27. The Hall–Kier alpha value is -2.59. The Morgan fingerprint density at radius 1 is 1.05 bits per heavy atom. The Morgan fingerprint density at radius 2 is 1.84 bits per heavy atom. The second-order valence-corrected chi connectivity index (χ2v) is 11.0. The molecule has 198 valence electrons. The van der Waals surface area contributed by atoms with Gasteiger partial charge in [-0.15, -0.1) is 0 Å². The highest BCUT2D eigenvalue weighted by atomic mass is 16.5. The third kappa shape index (κ3) is 5.10. The number of nitrogens with zero attached hydrogens (tertiary/aromatic N) is 6. The smallest absolute Gasteiger partial charge is 0.159 e. The molecular weight excluding hydrogens is 468 g/mol. The Kier molecular flexibility index (Phi) is 6.88. The number of rotatable bonds is 6. The third-order valence-corrected chi connectivity index (χ3v) is 8.16. The van der Waals surface area contributed by atoms with Gasteiger partial charge in [-0.25, -0.2) is 14.6 Å². The number of aliphatic hydroxyl groups excluding tert-OH is 1. The van der Waals surface area contributed by atoms with Crippen LogP contribution in [0.5, 0.6) is 0 Å². The summed E-state index contributed by atoms with van der Waals surface area (Å²) in [5, 5.41) is 15.7. The molecule has 1 aromatic carbocycles. The monoisotopic (exact) mass is 506 g/mol. The van der Waals surface area contributed by atoms with Crippen LogP contribution in [-0.2, 0) is 9.47 Å². The Bertz CT molecular complexity index is 1250. The molecule has 3 fully saturated rings. The summed E-state index contributed by atoms with van der Waals surface area (Å²) in [7, 11) is 0. The van der Waals surface area contributed by atoms with Crippen LogP contribution in [0.4, 0.5) is 5.82 Å². The minimum atomic E-state index is -0.389. The number of anilines is 1. The number of ether oxygens (including phenoxy) is 2. The molecule has 9 nitrogen and oxygen atoms in total. The zero-order chi connectivity index (χ0) is 25.5. The molecule has 2 aromatic heterocycles. The van der Waals surface area contributed by atoms with E-state index in [9.17, 15) is 5.11 Å². The molecule has 0 aliphatic carbocycles. The first kappa shape index (κ1) is 24.7. The van der Waals surface area contributed by atoms with Crippen LogP contribution in [0.2, 0.25) is 0 Å². The molecule has 0 spiro atoms. The van der Waals surface area contributed by atoms with Crippen LogP contribution in [0.15, 0.2) is 24.4 Å². The van der Waals surface area contributed by atoms with Crippen molar-refractivity contribution in [1.82, 2.24) is 24.6 Å². The van der Waals surface area contributed by atoms with Gasteiger partial charge in [0.05, 0.1) is 49.8 Å². The van der Waals surface area contributed by atoms with Crippen LogP contribution < -0.4 is 4.90 Å². The molecule has 2 unspecified atom stereocenters. The standard InChI is InChI=1S/C28H38N6O3/c1-18-10-22-14-29-34(26(22)12-25(18)21-4-6-32(7-5-21)23-16-36-17-23)28-13-27(30-20(3)31-28)33-8-9-37-24(15-33)11-19(2)35/h10,12-14,19,21,23-24,35H,4-9,11,15-17H2,1-3H3. The molecule has 3 aliphatic rings. The zero-order valence-corrected chi connectivity index (χ0v) is 22.1. The van der Waals surface area contributed by atoms with Gasteiger partial charge in [-0.3, -0.25) is 4.90 Å². The lowest BCUT2D eigenvalue weighted by Gasteiger charge is -2.41. The maximum absolute atomic E-state index is 9.82. The number of piperidine rings is 1. The molecule has 9 heteroatoms. The highest BCUT2D eigenvalue weighted by Gasteiger charge is 2.31. The quantitative estimate of drug-likeness (QED) is 0.546. The maximum atomic E-state index is 9.82. The summed E-state index contributed by atoms with van der Waals surface area (Å²) in [5.74, 6) is 2.94. The molecule has 0 amide bonds. The average molecular weight is 507 g/mol. The summed E-state index contributed by atoms with van der Waals surface area (Å²) in [6.07, 6.45) is 4.52. The van der Waals surface area contributed by atoms with Crippen LogP contribution in [0.25, 0.3) is 16.7 Å². The Labute approximate surface area is 218 Å². The molecule has 0 radical (unpaired) electrons. The lowest BCUT2D eigenvalue weighted by Crippen LogP contribution is -2.51. The first-order valence-electron chi connectivity index (χ1n) is 13.7. The van der Waals surface area contributed by atoms with Gasteiger partial charge < -0.3 is 19.5 Å². The topological polar surface area (TPSA) is 88.8 Å². The van der Waals surface area contributed by atoms with E-state index in [1.807, 2.05) is 23.9 Å². The van der Waals surface area contributed by atoms with Crippen molar-refractivity contribution in [2.45, 2.75) is 64.2 Å². The number of morpholine rings is 1. The van der Waals surface area contributed by atoms with E-state index in [1.54, 1.807) is 6.92 Å². The van der Waals surface area contributed by atoms with Crippen molar-refractivity contribution < 1.29 is 14.6 Å². The molecule has 2 atom stereocenters. The minimum absolute atomic E-state index is 0.00762. The van der Waals surface area contributed by atoms with Crippen LogP contribution in [0.3, 0.4) is 0 Å². The molecule has 3 aliphatic heterocycles. The van der Waals surface area contributed by atoms with Gasteiger partial charge in [0.1, 0.15) is 11.6 Å². The molecule has 37 heavy (non-hydrogen) atoms. The average Bonchev–Trinajstić information content (AvgIpc) is 3.25. The fourth-order valence-electron chi connectivity index (χ4n) is 6.09. The molecule has 5 heterocycles. The third-order valence-electron chi connectivity index (χ3n) is 8.16. The first-order valence-corrected chi connectivity index (χ1v) is 13.7. The van der Waals surface area contributed by atoms with Crippen molar-refractivity contribution in [2.75, 3.05) is 50.9 Å². The molecule has 1 N–H and O–H groups in total. The normalized spacial score (nSPS) is 22.9. The zero-order valence-electron chi connectivity index (χ0n) is 22.1. The van der Waals surface area contributed by atoms with Gasteiger partial charge in [0.25, 0.3) is 0 Å². The molecular formula is C28H38N6O3. The largest absolute Gasteiger partial charge is 0.393 e. The number of hydrogen-bond donors (Lipinski definition) is 1. The van der Waals surface area contributed by atoms with Crippen molar-refractivity contribution >= 4 is 16.7 Å². The summed E-state index contributed by atoms with van der Waals surface area (Å²) < 4.78 is 13.2. The number of aryl methyl sites for hydroxylation is 2. The molecule has 3 aromatic rings. The van der Waals surface area contributed by atoms with Gasteiger partial charge in [-0.2, -0.15) is 5.10 Å². The Balaban J connectivity index is 1.27. The Morgan fingerprint density at radius 3 is 2.57 bits per heavy atom. The van der Waals surface area contributed by atoms with E-state index >= 15 is 0 Å². The molecule has 6 rings (SSSR count). The predicted octanol–water partition coefficient (Wildman–Crippen LogP) is 2.99. The molecule has 0 bridgehead atoms. The predicted molar refractivity (Wildman–Crippen MR) is 143 cm³/mol. The number of likely N-dealkylation sites (tertiary alicyclic amines) is 1. The number of hydrogen-bond acceptors (Lipinski definition) is 8. The van der Waals surface area contributed by atoms with Crippen LogP contribution in [0.1, 0.15) is 49.1 Å². The van der Waals surface area contributed by atoms with Gasteiger partial charge in [-0.05, 0) is 75.9 Å². The van der Waals surface area contributed by atoms with E-state index in [2.05, 4.69) is 28.9 Å².